The minimum absolute atomic E-state index is 0.132. The van der Waals surface area contributed by atoms with Crippen molar-refractivity contribution in [2.24, 2.45) is 0 Å². The van der Waals surface area contributed by atoms with Crippen LogP contribution in [0.25, 0.3) is 5.52 Å². The van der Waals surface area contributed by atoms with Gasteiger partial charge in [-0.1, -0.05) is 32.9 Å². The van der Waals surface area contributed by atoms with Crippen LogP contribution in [0.2, 0.25) is 0 Å². The van der Waals surface area contributed by atoms with Gasteiger partial charge in [-0.2, -0.15) is 0 Å². The molecule has 3 rings (SSSR count). The van der Waals surface area contributed by atoms with E-state index >= 15 is 0 Å². The third kappa shape index (κ3) is 3.66. The lowest BCUT2D eigenvalue weighted by molar-refractivity contribution is 0.0939. The predicted molar refractivity (Wildman–Crippen MR) is 107 cm³/mol. The van der Waals surface area contributed by atoms with Crippen LogP contribution in [-0.4, -0.2) is 40.8 Å². The van der Waals surface area contributed by atoms with Crippen molar-refractivity contribution in [3.8, 4) is 0 Å². The zero-order valence-corrected chi connectivity index (χ0v) is 16.8. The van der Waals surface area contributed by atoms with Crippen LogP contribution >= 0.6 is 11.3 Å². The van der Waals surface area contributed by atoms with E-state index in [1.165, 1.54) is 4.88 Å². The van der Waals surface area contributed by atoms with Gasteiger partial charge in [0, 0.05) is 23.0 Å². The zero-order chi connectivity index (χ0) is 18.9. The topological polar surface area (TPSA) is 49.6 Å². The number of likely N-dealkylation sites (N-methyl/N-ethyl adjacent to an activating group) is 1. The van der Waals surface area contributed by atoms with Crippen molar-refractivity contribution < 1.29 is 4.79 Å². The molecule has 138 valence electrons. The summed E-state index contributed by atoms with van der Waals surface area (Å²) in [5.41, 5.74) is 1.18. The molecule has 5 nitrogen and oxygen atoms in total. The van der Waals surface area contributed by atoms with Gasteiger partial charge in [-0.3, -0.25) is 4.79 Å². The normalized spacial score (nSPS) is 13.3. The van der Waals surface area contributed by atoms with Crippen LogP contribution in [0.1, 0.15) is 48.0 Å². The summed E-state index contributed by atoms with van der Waals surface area (Å²) < 4.78 is 2.01. The first-order valence-electron chi connectivity index (χ1n) is 8.74. The van der Waals surface area contributed by atoms with Gasteiger partial charge in [-0.15, -0.1) is 11.3 Å². The maximum absolute atomic E-state index is 12.9. The molecule has 0 fully saturated rings. The number of hydrogen-bond acceptors (Lipinski definition) is 4. The van der Waals surface area contributed by atoms with Crippen LogP contribution in [0.4, 0.5) is 0 Å². The molecule has 1 atom stereocenters. The summed E-state index contributed by atoms with van der Waals surface area (Å²) in [5, 5.41) is 5.14. The predicted octanol–water partition coefficient (Wildman–Crippen LogP) is 3.73. The molecule has 0 bridgehead atoms. The van der Waals surface area contributed by atoms with Gasteiger partial charge in [0.1, 0.15) is 5.82 Å². The van der Waals surface area contributed by atoms with Crippen molar-refractivity contribution in [3.63, 3.8) is 0 Å². The lowest BCUT2D eigenvalue weighted by atomic mass is 9.96. The molecule has 0 aliphatic carbocycles. The first-order chi connectivity index (χ1) is 12.3. The number of fused-ring (bicyclic) bond motifs is 1. The van der Waals surface area contributed by atoms with Crippen LogP contribution < -0.4 is 5.32 Å². The molecule has 26 heavy (non-hydrogen) atoms. The van der Waals surface area contributed by atoms with Gasteiger partial charge < -0.3 is 14.6 Å². The Morgan fingerprint density at radius 1 is 1.27 bits per heavy atom. The molecular formula is C20H26N4OS. The molecule has 3 heterocycles. The summed E-state index contributed by atoms with van der Waals surface area (Å²) in [6.45, 7) is 6.86. The molecule has 0 radical (unpaired) electrons. The second kappa shape index (κ2) is 7.21. The highest BCUT2D eigenvalue weighted by atomic mass is 32.1. The van der Waals surface area contributed by atoms with Gasteiger partial charge in [-0.25, -0.2) is 4.98 Å². The fraction of sp³-hybridized carbons (Fsp3) is 0.400. The zero-order valence-electron chi connectivity index (χ0n) is 16.0. The number of aromatic nitrogens is 2. The van der Waals surface area contributed by atoms with Gasteiger partial charge in [0.05, 0.1) is 11.6 Å². The van der Waals surface area contributed by atoms with Crippen molar-refractivity contribution in [1.82, 2.24) is 19.6 Å². The Labute approximate surface area is 158 Å². The van der Waals surface area contributed by atoms with E-state index in [1.54, 1.807) is 11.3 Å². The smallest absolute Gasteiger partial charge is 0.272 e. The molecule has 3 aromatic heterocycles. The van der Waals surface area contributed by atoms with E-state index in [2.05, 4.69) is 47.4 Å². The first kappa shape index (κ1) is 18.6. The summed E-state index contributed by atoms with van der Waals surface area (Å²) in [6, 6.07) is 10.1. The number of pyridine rings is 1. The van der Waals surface area contributed by atoms with Crippen LogP contribution in [-0.2, 0) is 5.41 Å². The van der Waals surface area contributed by atoms with Crippen molar-refractivity contribution in [3.05, 3.63) is 58.3 Å². The molecule has 3 aromatic rings. The largest absolute Gasteiger partial charge is 0.349 e. The molecule has 0 spiro atoms. The van der Waals surface area contributed by atoms with Crippen molar-refractivity contribution in [2.45, 2.75) is 32.2 Å². The van der Waals surface area contributed by atoms with Gasteiger partial charge in [-0.05, 0) is 37.7 Å². The minimum atomic E-state index is -0.147. The number of carbonyl (C=O) groups excluding carboxylic acids is 1. The standard InChI is InChI=1S/C20H26N4OS/c1-20(2,3)19-22-17(14-9-6-7-11-24(14)19)18(25)21-13-15(23(4)5)16-10-8-12-26-16/h6-12,15H,13H2,1-5H3,(H,21,25). The number of imidazole rings is 1. The summed E-state index contributed by atoms with van der Waals surface area (Å²) in [7, 11) is 4.06. The van der Waals surface area contributed by atoms with E-state index in [9.17, 15) is 4.79 Å². The Bertz CT molecular complexity index is 890. The van der Waals surface area contributed by atoms with Crippen LogP contribution in [0.3, 0.4) is 0 Å². The molecule has 1 unspecified atom stereocenters. The van der Waals surface area contributed by atoms with E-state index in [0.29, 0.717) is 12.2 Å². The molecule has 0 saturated carbocycles. The second-order valence-corrected chi connectivity index (χ2v) is 8.67. The van der Waals surface area contributed by atoms with E-state index in [-0.39, 0.29) is 17.4 Å². The molecule has 0 aliphatic rings. The second-order valence-electron chi connectivity index (χ2n) is 7.69. The summed E-state index contributed by atoms with van der Waals surface area (Å²) in [6.07, 6.45) is 1.97. The SMILES string of the molecule is CN(C)C(CNC(=O)c1nc(C(C)(C)C)n2ccccc12)c1cccs1. The Hall–Kier alpha value is -2.18. The van der Waals surface area contributed by atoms with E-state index in [1.807, 2.05) is 49.0 Å². The van der Waals surface area contributed by atoms with Gasteiger partial charge in [0.2, 0.25) is 0 Å². The Kier molecular flexibility index (Phi) is 5.16. The average Bonchev–Trinajstić information content (AvgIpc) is 3.21. The molecule has 1 N–H and O–H groups in total. The van der Waals surface area contributed by atoms with Crippen LogP contribution in [0, 0.1) is 0 Å². The monoisotopic (exact) mass is 370 g/mol. The Morgan fingerprint density at radius 3 is 2.65 bits per heavy atom. The minimum Gasteiger partial charge on any atom is -0.349 e. The number of nitrogens with one attached hydrogen (secondary N) is 1. The molecular weight excluding hydrogens is 344 g/mol. The van der Waals surface area contributed by atoms with Crippen molar-refractivity contribution in [2.75, 3.05) is 20.6 Å². The summed E-state index contributed by atoms with van der Waals surface area (Å²) in [5.74, 6) is 0.758. The van der Waals surface area contributed by atoms with Gasteiger partial charge in [0.15, 0.2) is 5.69 Å². The lowest BCUT2D eigenvalue weighted by Crippen LogP contribution is -2.34. The number of nitrogens with zero attached hydrogens (tertiary/aromatic N) is 3. The number of amides is 1. The van der Waals surface area contributed by atoms with Gasteiger partial charge in [0.25, 0.3) is 5.91 Å². The third-order valence-electron chi connectivity index (χ3n) is 4.39. The highest BCUT2D eigenvalue weighted by Gasteiger charge is 2.25. The fourth-order valence-corrected chi connectivity index (χ4v) is 3.95. The summed E-state index contributed by atoms with van der Waals surface area (Å²) in [4.78, 5) is 20.9. The van der Waals surface area contributed by atoms with Gasteiger partial charge >= 0.3 is 0 Å². The molecule has 0 saturated heterocycles. The number of thiophene rings is 1. The molecule has 0 aromatic carbocycles. The molecule has 6 heteroatoms. The summed E-state index contributed by atoms with van der Waals surface area (Å²) >= 11 is 1.70. The van der Waals surface area contributed by atoms with E-state index in [0.717, 1.165) is 11.3 Å². The quantitative estimate of drug-likeness (QED) is 0.745. The average molecular weight is 371 g/mol. The Morgan fingerprint density at radius 2 is 2.04 bits per heavy atom. The van der Waals surface area contributed by atoms with Crippen molar-refractivity contribution >= 4 is 22.8 Å². The maximum atomic E-state index is 12.9. The lowest BCUT2D eigenvalue weighted by Gasteiger charge is -2.23. The fourth-order valence-electron chi connectivity index (χ4n) is 3.03. The molecule has 0 aliphatic heterocycles. The maximum Gasteiger partial charge on any atom is 0.272 e. The number of rotatable bonds is 5. The number of carbonyl (C=O) groups is 1. The van der Waals surface area contributed by atoms with E-state index in [4.69, 9.17) is 0 Å². The third-order valence-corrected chi connectivity index (χ3v) is 5.36. The highest BCUT2D eigenvalue weighted by molar-refractivity contribution is 7.10. The first-order valence-corrected chi connectivity index (χ1v) is 9.62. The highest BCUT2D eigenvalue weighted by Crippen LogP contribution is 2.25. The number of hydrogen-bond donors (Lipinski definition) is 1. The van der Waals surface area contributed by atoms with E-state index < -0.39 is 0 Å². The van der Waals surface area contributed by atoms with Crippen LogP contribution in [0.5, 0.6) is 0 Å². The molecule has 1 amide bonds. The van der Waals surface area contributed by atoms with Crippen molar-refractivity contribution in [1.29, 1.82) is 0 Å². The van der Waals surface area contributed by atoms with Crippen LogP contribution in [0.15, 0.2) is 41.9 Å². The Balaban J connectivity index is 1.86.